The van der Waals surface area contributed by atoms with Crippen molar-refractivity contribution in [3.05, 3.63) is 89.9 Å². The molecule has 4 atom stereocenters. The third kappa shape index (κ3) is 6.79. The summed E-state index contributed by atoms with van der Waals surface area (Å²) in [5.41, 5.74) is 6.50. The maximum Gasteiger partial charge on any atom is 0.407 e. The molecule has 4 N–H and O–H groups in total. The molecular formula is C39H40ClF2N7O5. The van der Waals surface area contributed by atoms with Gasteiger partial charge in [-0.15, -0.1) is 12.4 Å². The lowest BCUT2D eigenvalue weighted by molar-refractivity contribution is -0.139. The minimum atomic E-state index is -2.74. The maximum absolute atomic E-state index is 14.2. The normalized spacial score (nSPS) is 22.7. The molecule has 54 heavy (non-hydrogen) atoms. The second-order valence-corrected chi connectivity index (χ2v) is 14.3. The van der Waals surface area contributed by atoms with Gasteiger partial charge in [0.25, 0.3) is 11.8 Å². The lowest BCUT2D eigenvalue weighted by atomic mass is 10.0. The quantitative estimate of drug-likeness (QED) is 0.190. The summed E-state index contributed by atoms with van der Waals surface area (Å²) in [4.78, 5) is 65.2. The van der Waals surface area contributed by atoms with Crippen LogP contribution >= 0.6 is 12.4 Å². The van der Waals surface area contributed by atoms with E-state index in [4.69, 9.17) is 0 Å². The van der Waals surface area contributed by atoms with Crippen LogP contribution in [0.1, 0.15) is 48.7 Å². The Morgan fingerprint density at radius 1 is 0.963 bits per heavy atom. The zero-order valence-electron chi connectivity index (χ0n) is 29.4. The summed E-state index contributed by atoms with van der Waals surface area (Å²) in [6.07, 6.45) is 2.37. The van der Waals surface area contributed by atoms with Gasteiger partial charge in [0.15, 0.2) is 0 Å². The number of hydrogen-bond donors (Lipinski definition) is 4. The second-order valence-electron chi connectivity index (χ2n) is 14.3. The first-order chi connectivity index (χ1) is 25.5. The molecule has 0 unspecified atom stereocenters. The molecule has 4 aliphatic heterocycles. The molecule has 3 aromatic carbocycles. The van der Waals surface area contributed by atoms with Gasteiger partial charge in [0, 0.05) is 32.1 Å². The molecule has 15 heteroatoms. The monoisotopic (exact) mass is 759 g/mol. The Labute approximate surface area is 316 Å². The van der Waals surface area contributed by atoms with Crippen molar-refractivity contribution in [3.8, 4) is 22.4 Å². The van der Waals surface area contributed by atoms with E-state index in [1.807, 2.05) is 54.6 Å². The van der Waals surface area contributed by atoms with Crippen LogP contribution in [0.2, 0.25) is 0 Å². The van der Waals surface area contributed by atoms with Crippen LogP contribution in [0.3, 0.4) is 0 Å². The number of likely N-dealkylation sites (N-methyl/N-ethyl adjacent to an activating group) is 1. The number of aromatic amines is 1. The van der Waals surface area contributed by atoms with Crippen molar-refractivity contribution < 1.29 is 33.1 Å². The maximum atomic E-state index is 14.2. The fourth-order valence-electron chi connectivity index (χ4n) is 8.18. The average Bonchev–Trinajstić information content (AvgIpc) is 3.96. The molecule has 0 spiro atoms. The van der Waals surface area contributed by atoms with Gasteiger partial charge in [0.1, 0.15) is 23.9 Å². The molecule has 1 aromatic heterocycles. The first-order valence-corrected chi connectivity index (χ1v) is 17.9. The molecule has 2 saturated heterocycles. The number of benzene rings is 3. The van der Waals surface area contributed by atoms with Crippen LogP contribution in [-0.2, 0) is 27.2 Å². The van der Waals surface area contributed by atoms with Crippen LogP contribution < -0.4 is 15.5 Å². The Hall–Kier alpha value is -5.34. The molecule has 0 saturated carbocycles. The first-order valence-electron chi connectivity index (χ1n) is 17.9. The fourth-order valence-corrected chi connectivity index (χ4v) is 8.18. The Bertz CT molecular complexity index is 2090. The van der Waals surface area contributed by atoms with E-state index in [1.54, 1.807) is 23.2 Å². The lowest BCUT2D eigenvalue weighted by Gasteiger charge is -2.33. The van der Waals surface area contributed by atoms with Crippen LogP contribution in [0.5, 0.6) is 0 Å². The molecule has 4 aliphatic rings. The highest BCUT2D eigenvalue weighted by Crippen LogP contribution is 2.41. The zero-order chi connectivity index (χ0) is 37.0. The number of carboxylic acid groups (broad SMARTS) is 1. The lowest BCUT2D eigenvalue weighted by Crippen LogP contribution is -2.56. The van der Waals surface area contributed by atoms with Crippen molar-refractivity contribution in [1.29, 1.82) is 0 Å². The molecular weight excluding hydrogens is 720 g/mol. The van der Waals surface area contributed by atoms with Gasteiger partial charge in [0.05, 0.1) is 30.2 Å². The molecule has 282 valence electrons. The number of nitrogens with one attached hydrogen (secondary N) is 3. The molecule has 0 radical (unpaired) electrons. The van der Waals surface area contributed by atoms with Gasteiger partial charge in [-0.2, -0.15) is 0 Å². The van der Waals surface area contributed by atoms with Crippen LogP contribution in [0.25, 0.3) is 22.4 Å². The number of anilines is 2. The number of likely N-dealkylation sites (tertiary alicyclic amines) is 1. The third-order valence-corrected chi connectivity index (χ3v) is 11.0. The number of imidazole rings is 1. The average molecular weight is 760 g/mol. The van der Waals surface area contributed by atoms with Gasteiger partial charge in [-0.3, -0.25) is 24.2 Å². The summed E-state index contributed by atoms with van der Waals surface area (Å²) < 4.78 is 27.3. The minimum Gasteiger partial charge on any atom is -0.465 e. The molecule has 8 rings (SSSR count). The second kappa shape index (κ2) is 14.5. The van der Waals surface area contributed by atoms with E-state index in [2.05, 4.69) is 20.6 Å². The van der Waals surface area contributed by atoms with Crippen molar-refractivity contribution in [3.63, 3.8) is 0 Å². The summed E-state index contributed by atoms with van der Waals surface area (Å²) in [5, 5.41) is 15.5. The highest BCUT2D eigenvalue weighted by molar-refractivity contribution is 6.08. The van der Waals surface area contributed by atoms with E-state index in [9.17, 15) is 33.1 Å². The highest BCUT2D eigenvalue weighted by atomic mass is 35.5. The van der Waals surface area contributed by atoms with Gasteiger partial charge >= 0.3 is 6.09 Å². The number of rotatable bonds is 7. The SMILES string of the molecule is CN(C(=O)O)[C@H]1CCc2cccc3c2N(C1=O)[C@H](C(=O)N1CCC[C@H]1C(=O)Nc1ccc(-c2ccc(-c4cnc([C@@H]5CC(F)(F)CN5)[nH]4)cc2)cc1)C3.Cl. The number of amides is 4. The summed E-state index contributed by atoms with van der Waals surface area (Å²) >= 11 is 0. The number of hydrogen-bond acceptors (Lipinski definition) is 6. The van der Waals surface area contributed by atoms with E-state index in [0.717, 1.165) is 38.4 Å². The number of carbonyl (C=O) groups is 4. The fraction of sp³-hybridized carbons (Fsp3) is 0.359. The smallest absolute Gasteiger partial charge is 0.407 e. The molecule has 12 nitrogen and oxygen atoms in total. The van der Waals surface area contributed by atoms with Gasteiger partial charge in [-0.1, -0.05) is 54.6 Å². The van der Waals surface area contributed by atoms with Crippen molar-refractivity contribution in [1.82, 2.24) is 25.1 Å². The molecule has 4 aromatic rings. The number of para-hydroxylation sites is 1. The topological polar surface area (TPSA) is 151 Å². The van der Waals surface area contributed by atoms with E-state index < -0.39 is 42.1 Å². The van der Waals surface area contributed by atoms with E-state index in [-0.39, 0.29) is 37.2 Å². The molecule has 4 amide bonds. The van der Waals surface area contributed by atoms with E-state index in [0.29, 0.717) is 55.8 Å². The highest BCUT2D eigenvalue weighted by Gasteiger charge is 2.48. The number of H-pyrrole nitrogens is 1. The van der Waals surface area contributed by atoms with E-state index in [1.165, 1.54) is 11.9 Å². The summed E-state index contributed by atoms with van der Waals surface area (Å²) in [6.45, 7) is 0.0130. The summed E-state index contributed by atoms with van der Waals surface area (Å²) in [5.74, 6) is -3.32. The standard InChI is InChI=1S/C39H39F2N7O5.ClH/c1-46(38(52)53)31-16-13-25-4-2-5-26-18-32(48(33(25)26)37(31)51)36(50)47-17-3-6-30(47)35(49)44-27-14-11-23(12-15-27)22-7-9-24(10-8-22)29-20-42-34(45-29)28-19-39(40,41)21-43-28;/h2,4-5,7-12,14-15,20,28,30-32,43H,3,6,13,16-19,21H2,1H3,(H,42,45)(H,44,49)(H,52,53);1H/t28-,30-,31-,32-;/m0./s1. The zero-order valence-corrected chi connectivity index (χ0v) is 30.2. The van der Waals surface area contributed by atoms with Crippen LogP contribution in [-0.4, -0.2) is 92.9 Å². The molecule has 0 aliphatic carbocycles. The van der Waals surface area contributed by atoms with Gasteiger partial charge in [-0.25, -0.2) is 18.6 Å². The van der Waals surface area contributed by atoms with E-state index >= 15 is 0 Å². The minimum absolute atomic E-state index is 0. The molecule has 0 bridgehead atoms. The number of aryl methyl sites for hydroxylation is 1. The Balaban J connectivity index is 0.00000450. The predicted molar refractivity (Wildman–Crippen MR) is 200 cm³/mol. The first kappa shape index (κ1) is 37.0. The summed E-state index contributed by atoms with van der Waals surface area (Å²) in [6, 6.07) is 17.8. The van der Waals surface area contributed by atoms with Crippen LogP contribution in [0.4, 0.5) is 25.0 Å². The molecule has 5 heterocycles. The predicted octanol–water partition coefficient (Wildman–Crippen LogP) is 5.65. The largest absolute Gasteiger partial charge is 0.465 e. The Morgan fingerprint density at radius 2 is 1.65 bits per heavy atom. The number of halogens is 3. The van der Waals surface area contributed by atoms with Gasteiger partial charge < -0.3 is 25.6 Å². The number of nitrogens with zero attached hydrogens (tertiary/aromatic N) is 4. The Kier molecular flexibility index (Phi) is 9.92. The van der Waals surface area contributed by atoms with Crippen molar-refractivity contribution >= 4 is 47.6 Å². The van der Waals surface area contributed by atoms with Crippen molar-refractivity contribution in [2.45, 2.75) is 68.6 Å². The van der Waals surface area contributed by atoms with Crippen molar-refractivity contribution in [2.75, 3.05) is 30.4 Å². The van der Waals surface area contributed by atoms with Crippen LogP contribution in [0.15, 0.2) is 72.9 Å². The van der Waals surface area contributed by atoms with Crippen molar-refractivity contribution in [2.24, 2.45) is 0 Å². The van der Waals surface area contributed by atoms with Gasteiger partial charge in [-0.05, 0) is 65.6 Å². The number of carbonyl (C=O) groups excluding carboxylic acids is 3. The van der Waals surface area contributed by atoms with Gasteiger partial charge in [0.2, 0.25) is 11.8 Å². The third-order valence-electron chi connectivity index (χ3n) is 11.0. The van der Waals surface area contributed by atoms with Crippen LogP contribution in [0, 0.1) is 0 Å². The summed E-state index contributed by atoms with van der Waals surface area (Å²) in [7, 11) is 1.38. The molecule has 2 fully saturated rings. The Morgan fingerprint density at radius 3 is 2.33 bits per heavy atom. The number of alkyl halides is 2. The number of aromatic nitrogens is 2.